The molecule has 4 bridgehead atoms. The second kappa shape index (κ2) is 3.61. The maximum Gasteiger partial charge on any atom is 0.308 e. The Morgan fingerprint density at radius 1 is 1.17 bits per heavy atom. The van der Waals surface area contributed by atoms with E-state index in [1.165, 1.54) is 26.4 Å². The van der Waals surface area contributed by atoms with Crippen molar-refractivity contribution in [3.8, 4) is 0 Å². The van der Waals surface area contributed by atoms with Crippen LogP contribution in [0.5, 0.6) is 0 Å². The van der Waals surface area contributed by atoms with Crippen LogP contribution in [-0.2, 0) is 9.53 Å². The van der Waals surface area contributed by atoms with Crippen molar-refractivity contribution in [2.75, 3.05) is 7.11 Å². The first-order chi connectivity index (χ1) is 8.70. The highest BCUT2D eigenvalue weighted by Gasteiger charge is 2.61. The van der Waals surface area contributed by atoms with Crippen molar-refractivity contribution in [1.82, 2.24) is 0 Å². The number of rotatable bonds is 2. The van der Waals surface area contributed by atoms with Crippen molar-refractivity contribution in [3.05, 3.63) is 12.2 Å². The Hall–Kier alpha value is -0.790. The van der Waals surface area contributed by atoms with Crippen LogP contribution in [0.4, 0.5) is 0 Å². The molecule has 2 heteroatoms. The molecule has 3 saturated carbocycles. The first-order valence-corrected chi connectivity index (χ1v) is 7.47. The smallest absolute Gasteiger partial charge is 0.308 e. The molecule has 0 heterocycles. The zero-order valence-corrected chi connectivity index (χ0v) is 11.2. The highest BCUT2D eigenvalue weighted by molar-refractivity contribution is 5.72. The molecule has 18 heavy (non-hydrogen) atoms. The fraction of sp³-hybridized carbons (Fsp3) is 0.812. The van der Waals surface area contributed by atoms with E-state index in [2.05, 4.69) is 19.1 Å². The number of hydrogen-bond acceptors (Lipinski definition) is 2. The molecule has 0 amide bonds. The number of allylic oxidation sites excluding steroid dienone is 2. The molecule has 2 nitrogen and oxygen atoms in total. The van der Waals surface area contributed by atoms with Crippen molar-refractivity contribution in [2.45, 2.75) is 26.2 Å². The second-order valence-electron chi connectivity index (χ2n) is 6.97. The van der Waals surface area contributed by atoms with E-state index in [0.29, 0.717) is 5.92 Å². The molecule has 0 saturated heterocycles. The summed E-state index contributed by atoms with van der Waals surface area (Å²) >= 11 is 0. The third kappa shape index (κ3) is 1.22. The van der Waals surface area contributed by atoms with Crippen molar-refractivity contribution >= 4 is 5.97 Å². The van der Waals surface area contributed by atoms with E-state index in [0.717, 1.165) is 35.5 Å². The van der Waals surface area contributed by atoms with E-state index in [1.807, 2.05) is 0 Å². The molecule has 0 aliphatic heterocycles. The molecule has 98 valence electrons. The normalized spacial score (nSPS) is 52.7. The maximum absolute atomic E-state index is 11.8. The highest BCUT2D eigenvalue weighted by Crippen LogP contribution is 2.67. The minimum absolute atomic E-state index is 0.00259. The SMILES string of the molecule is COC(=O)C(C)C1CC2CC1C1C3C=CC(C3)C21. The van der Waals surface area contributed by atoms with Gasteiger partial charge < -0.3 is 4.74 Å². The third-order valence-corrected chi connectivity index (χ3v) is 6.54. The Kier molecular flexibility index (Phi) is 2.22. The van der Waals surface area contributed by atoms with E-state index in [4.69, 9.17) is 4.74 Å². The van der Waals surface area contributed by atoms with E-state index >= 15 is 0 Å². The van der Waals surface area contributed by atoms with Gasteiger partial charge in [0, 0.05) is 0 Å². The fourth-order valence-electron chi connectivity index (χ4n) is 6.00. The summed E-state index contributed by atoms with van der Waals surface area (Å²) in [4.78, 5) is 11.8. The number of fused-ring (bicyclic) bond motifs is 9. The summed E-state index contributed by atoms with van der Waals surface area (Å²) in [6.07, 6.45) is 9.01. The maximum atomic E-state index is 11.8. The van der Waals surface area contributed by atoms with Gasteiger partial charge in [0.2, 0.25) is 0 Å². The van der Waals surface area contributed by atoms with Gasteiger partial charge in [-0.2, -0.15) is 0 Å². The summed E-state index contributed by atoms with van der Waals surface area (Å²) in [5.74, 6) is 5.98. The van der Waals surface area contributed by atoms with Crippen LogP contribution in [0.25, 0.3) is 0 Å². The Morgan fingerprint density at radius 2 is 1.89 bits per heavy atom. The summed E-state index contributed by atoms with van der Waals surface area (Å²) in [6, 6.07) is 0. The quantitative estimate of drug-likeness (QED) is 0.425. The van der Waals surface area contributed by atoms with Crippen LogP contribution < -0.4 is 0 Å². The number of hydrogen-bond donors (Lipinski definition) is 0. The van der Waals surface area contributed by atoms with Gasteiger partial charge in [0.15, 0.2) is 0 Å². The number of methoxy groups -OCH3 is 1. The average Bonchev–Trinajstić information content (AvgIpc) is 3.12. The molecule has 4 aliphatic rings. The van der Waals surface area contributed by atoms with Crippen molar-refractivity contribution in [3.63, 3.8) is 0 Å². The fourth-order valence-corrected chi connectivity index (χ4v) is 6.00. The van der Waals surface area contributed by atoms with Crippen LogP contribution in [0.15, 0.2) is 12.2 Å². The number of esters is 1. The highest BCUT2D eigenvalue weighted by atomic mass is 16.5. The van der Waals surface area contributed by atoms with Gasteiger partial charge in [0.1, 0.15) is 0 Å². The van der Waals surface area contributed by atoms with Gasteiger partial charge in [-0.25, -0.2) is 0 Å². The summed E-state index contributed by atoms with van der Waals surface area (Å²) in [7, 11) is 1.52. The van der Waals surface area contributed by atoms with Gasteiger partial charge in [-0.05, 0) is 60.7 Å². The van der Waals surface area contributed by atoms with Crippen molar-refractivity contribution in [1.29, 1.82) is 0 Å². The first-order valence-electron chi connectivity index (χ1n) is 7.47. The predicted molar refractivity (Wildman–Crippen MR) is 68.6 cm³/mol. The molecule has 3 fully saturated rings. The lowest BCUT2D eigenvalue weighted by molar-refractivity contribution is -0.148. The van der Waals surface area contributed by atoms with Crippen molar-refractivity contribution < 1.29 is 9.53 Å². The third-order valence-electron chi connectivity index (χ3n) is 6.54. The number of carbonyl (C=O) groups excluding carboxylic acids is 1. The summed E-state index contributed by atoms with van der Waals surface area (Å²) in [5.41, 5.74) is 0. The molecule has 0 aromatic carbocycles. The van der Waals surface area contributed by atoms with Crippen molar-refractivity contribution in [2.24, 2.45) is 47.3 Å². The first kappa shape index (κ1) is 11.1. The Morgan fingerprint density at radius 3 is 2.61 bits per heavy atom. The molecular formula is C16H22O2. The summed E-state index contributed by atoms with van der Waals surface area (Å²) in [6.45, 7) is 2.08. The van der Waals surface area contributed by atoms with Gasteiger partial charge in [-0.3, -0.25) is 4.79 Å². The van der Waals surface area contributed by atoms with Crippen LogP contribution in [0, 0.1) is 47.3 Å². The van der Waals surface area contributed by atoms with Gasteiger partial charge >= 0.3 is 5.97 Å². The van der Waals surface area contributed by atoms with Crippen LogP contribution in [0.3, 0.4) is 0 Å². The van der Waals surface area contributed by atoms with Crippen LogP contribution >= 0.6 is 0 Å². The summed E-state index contributed by atoms with van der Waals surface area (Å²) < 4.78 is 4.95. The molecule has 0 radical (unpaired) electrons. The molecule has 4 rings (SSSR count). The molecular weight excluding hydrogens is 224 g/mol. The van der Waals surface area contributed by atoms with Crippen LogP contribution in [0.2, 0.25) is 0 Å². The number of carbonyl (C=O) groups is 1. The largest absolute Gasteiger partial charge is 0.469 e. The minimum atomic E-state index is 0.00259. The molecule has 0 N–H and O–H groups in total. The van der Waals surface area contributed by atoms with E-state index < -0.39 is 0 Å². The standard InChI is InChI=1S/C16H22O2/c1-8(16(17)18-2)12-6-11-7-13(12)15-10-4-3-9(5-10)14(11)15/h3-4,8-15H,5-7H2,1-2H3. The lowest BCUT2D eigenvalue weighted by Crippen LogP contribution is -2.36. The zero-order chi connectivity index (χ0) is 12.4. The lowest BCUT2D eigenvalue weighted by Gasteiger charge is -2.38. The lowest BCUT2D eigenvalue weighted by atomic mass is 9.66. The van der Waals surface area contributed by atoms with E-state index in [-0.39, 0.29) is 11.9 Å². The zero-order valence-electron chi connectivity index (χ0n) is 11.2. The molecule has 0 spiro atoms. The van der Waals surface area contributed by atoms with Gasteiger partial charge in [0.05, 0.1) is 13.0 Å². The van der Waals surface area contributed by atoms with Crippen LogP contribution in [0.1, 0.15) is 26.2 Å². The van der Waals surface area contributed by atoms with Gasteiger partial charge in [-0.1, -0.05) is 19.1 Å². The Labute approximate surface area is 109 Å². The number of ether oxygens (including phenoxy) is 1. The molecule has 8 unspecified atom stereocenters. The molecule has 0 aromatic heterocycles. The summed E-state index contributed by atoms with van der Waals surface area (Å²) in [5, 5.41) is 0. The Balaban J connectivity index is 1.59. The molecule has 0 aromatic rings. The van der Waals surface area contributed by atoms with Crippen LogP contribution in [-0.4, -0.2) is 13.1 Å². The second-order valence-corrected chi connectivity index (χ2v) is 6.97. The van der Waals surface area contributed by atoms with E-state index in [9.17, 15) is 4.79 Å². The van der Waals surface area contributed by atoms with Gasteiger partial charge in [-0.15, -0.1) is 0 Å². The Bertz CT molecular complexity index is 413. The van der Waals surface area contributed by atoms with E-state index in [1.54, 1.807) is 0 Å². The minimum Gasteiger partial charge on any atom is -0.469 e. The molecule has 8 atom stereocenters. The van der Waals surface area contributed by atoms with Gasteiger partial charge in [0.25, 0.3) is 0 Å². The topological polar surface area (TPSA) is 26.3 Å². The predicted octanol–water partition coefficient (Wildman–Crippen LogP) is 2.89. The monoisotopic (exact) mass is 246 g/mol. The average molecular weight is 246 g/mol. The molecule has 4 aliphatic carbocycles.